The third-order valence-electron chi connectivity index (χ3n) is 4.31. The van der Waals surface area contributed by atoms with Gasteiger partial charge in [0.2, 0.25) is 0 Å². The summed E-state index contributed by atoms with van der Waals surface area (Å²) in [5.41, 5.74) is 1.97. The van der Waals surface area contributed by atoms with Crippen LogP contribution in [0, 0.1) is 5.82 Å². The molecule has 0 atom stereocenters. The number of hydrogen-bond donors (Lipinski definition) is 0. The van der Waals surface area contributed by atoms with Gasteiger partial charge in [0.05, 0.1) is 40.2 Å². The van der Waals surface area contributed by atoms with Crippen LogP contribution in [0.3, 0.4) is 0 Å². The smallest absolute Gasteiger partial charge is 0.255 e. The number of hydrogen-bond acceptors (Lipinski definition) is 5. The Bertz CT molecular complexity index is 1010. The zero-order chi connectivity index (χ0) is 19.0. The van der Waals surface area contributed by atoms with E-state index in [1.807, 2.05) is 0 Å². The van der Waals surface area contributed by atoms with Crippen LogP contribution in [0.2, 0.25) is 10.0 Å². The van der Waals surface area contributed by atoms with Gasteiger partial charge in [0.25, 0.3) is 5.91 Å². The monoisotopic (exact) mass is 406 g/mol. The molecule has 138 valence electrons. The Balaban J connectivity index is 1.52. The fourth-order valence-corrected chi connectivity index (χ4v) is 3.34. The van der Waals surface area contributed by atoms with E-state index in [2.05, 4.69) is 20.3 Å². The minimum Gasteiger partial charge on any atom is -0.332 e. The van der Waals surface area contributed by atoms with Gasteiger partial charge in [-0.1, -0.05) is 34.5 Å². The average molecular weight is 407 g/mol. The van der Waals surface area contributed by atoms with E-state index in [0.29, 0.717) is 41.6 Å². The first-order valence-electron chi connectivity index (χ1n) is 8.14. The number of nitrogens with zero attached hydrogens (tertiary/aromatic N) is 6. The first-order chi connectivity index (χ1) is 13.0. The maximum Gasteiger partial charge on any atom is 0.255 e. The molecule has 10 heteroatoms. The van der Waals surface area contributed by atoms with Gasteiger partial charge in [-0.15, -0.1) is 5.10 Å². The number of aromatic nitrogens is 5. The van der Waals surface area contributed by atoms with Gasteiger partial charge < -0.3 is 4.90 Å². The Hall–Kier alpha value is -2.58. The summed E-state index contributed by atoms with van der Waals surface area (Å²) in [6.45, 7) is 1.10. The number of benzene rings is 1. The molecule has 27 heavy (non-hydrogen) atoms. The van der Waals surface area contributed by atoms with E-state index in [9.17, 15) is 9.18 Å². The number of amides is 1. The summed E-state index contributed by atoms with van der Waals surface area (Å²) in [7, 11) is 0. The van der Waals surface area contributed by atoms with E-state index in [0.717, 1.165) is 18.1 Å². The topological polar surface area (TPSA) is 76.8 Å². The number of carbonyl (C=O) groups excluding carboxylic acids is 1. The van der Waals surface area contributed by atoms with Crippen molar-refractivity contribution in [1.29, 1.82) is 0 Å². The van der Waals surface area contributed by atoms with Crippen LogP contribution in [0.4, 0.5) is 4.39 Å². The first-order valence-corrected chi connectivity index (χ1v) is 8.89. The fraction of sp³-hybridized carbons (Fsp3) is 0.235. The van der Waals surface area contributed by atoms with E-state index in [4.69, 9.17) is 23.2 Å². The summed E-state index contributed by atoms with van der Waals surface area (Å²) >= 11 is 12.2. The standard InChI is InChI=1S/C17H13Cl2FN6O/c18-12-3-1-2-11(16(12)19)17(27)25-5-4-14-13(8-25)23-24-26(14)9-15-21-6-10(20)7-22-15/h1-3,6-7H,4-5,8-9H2. The van der Waals surface area contributed by atoms with Gasteiger partial charge in [0.1, 0.15) is 18.1 Å². The predicted molar refractivity (Wildman–Crippen MR) is 96.0 cm³/mol. The van der Waals surface area contributed by atoms with Gasteiger partial charge in [-0.05, 0) is 12.1 Å². The molecule has 1 aliphatic rings. The molecule has 0 N–H and O–H groups in total. The summed E-state index contributed by atoms with van der Waals surface area (Å²) in [4.78, 5) is 22.3. The van der Waals surface area contributed by atoms with Crippen LogP contribution in [-0.2, 0) is 19.5 Å². The zero-order valence-corrected chi connectivity index (χ0v) is 15.5. The van der Waals surface area contributed by atoms with Crippen molar-refractivity contribution in [2.45, 2.75) is 19.5 Å². The Morgan fingerprint density at radius 3 is 2.78 bits per heavy atom. The number of fused-ring (bicyclic) bond motifs is 1. The van der Waals surface area contributed by atoms with Gasteiger partial charge in [-0.25, -0.2) is 19.0 Å². The molecule has 2 aromatic heterocycles. The van der Waals surface area contributed by atoms with E-state index in [1.54, 1.807) is 27.8 Å². The minimum atomic E-state index is -0.492. The van der Waals surface area contributed by atoms with Crippen LogP contribution in [0.5, 0.6) is 0 Å². The molecule has 1 aromatic carbocycles. The molecule has 0 unspecified atom stereocenters. The molecule has 0 saturated heterocycles. The van der Waals surface area contributed by atoms with Crippen molar-refractivity contribution in [3.63, 3.8) is 0 Å². The van der Waals surface area contributed by atoms with Crippen molar-refractivity contribution in [1.82, 2.24) is 29.9 Å². The maximum absolute atomic E-state index is 12.9. The van der Waals surface area contributed by atoms with E-state index >= 15 is 0 Å². The lowest BCUT2D eigenvalue weighted by Gasteiger charge is -2.27. The van der Waals surface area contributed by atoms with Crippen LogP contribution in [0.25, 0.3) is 0 Å². The second-order valence-corrected chi connectivity index (χ2v) is 6.82. The highest BCUT2D eigenvalue weighted by Crippen LogP contribution is 2.28. The molecule has 0 fully saturated rings. The molecule has 0 saturated carbocycles. The normalized spacial score (nSPS) is 13.5. The molecular formula is C17H13Cl2FN6O. The lowest BCUT2D eigenvalue weighted by atomic mass is 10.1. The molecule has 0 bridgehead atoms. The van der Waals surface area contributed by atoms with E-state index < -0.39 is 5.82 Å². The SMILES string of the molecule is O=C(c1cccc(Cl)c1Cl)N1CCc2c(nnn2Cc2ncc(F)cn2)C1. The Kier molecular flexibility index (Phi) is 4.75. The summed E-state index contributed by atoms with van der Waals surface area (Å²) < 4.78 is 14.6. The summed E-state index contributed by atoms with van der Waals surface area (Å²) in [5, 5.41) is 8.87. The molecule has 1 amide bonds. The lowest BCUT2D eigenvalue weighted by Crippen LogP contribution is -2.36. The number of halogens is 3. The Morgan fingerprint density at radius 2 is 2.00 bits per heavy atom. The van der Waals surface area contributed by atoms with E-state index in [1.165, 1.54) is 0 Å². The minimum absolute atomic E-state index is 0.204. The third-order valence-corrected chi connectivity index (χ3v) is 5.13. The second-order valence-electron chi connectivity index (χ2n) is 6.04. The second kappa shape index (κ2) is 7.21. The predicted octanol–water partition coefficient (Wildman–Crippen LogP) is 2.76. The van der Waals surface area contributed by atoms with Gasteiger partial charge in [0.15, 0.2) is 5.82 Å². The van der Waals surface area contributed by atoms with Crippen molar-refractivity contribution < 1.29 is 9.18 Å². The summed E-state index contributed by atoms with van der Waals surface area (Å²) in [6.07, 6.45) is 2.80. The molecule has 7 nitrogen and oxygen atoms in total. The highest BCUT2D eigenvalue weighted by atomic mass is 35.5. The molecule has 0 radical (unpaired) electrons. The van der Waals surface area contributed by atoms with Crippen LogP contribution < -0.4 is 0 Å². The first kappa shape index (κ1) is 17.8. The van der Waals surface area contributed by atoms with Gasteiger partial charge in [-0.3, -0.25) is 4.79 Å². The lowest BCUT2D eigenvalue weighted by molar-refractivity contribution is 0.0731. The van der Waals surface area contributed by atoms with Gasteiger partial charge in [0, 0.05) is 13.0 Å². The summed E-state index contributed by atoms with van der Waals surface area (Å²) in [5.74, 6) is -0.258. The average Bonchev–Trinajstić information content (AvgIpc) is 3.07. The van der Waals surface area contributed by atoms with Crippen molar-refractivity contribution in [3.8, 4) is 0 Å². The Labute approximate surface area is 163 Å². The van der Waals surface area contributed by atoms with Crippen LogP contribution in [0.1, 0.15) is 27.6 Å². The molecule has 1 aliphatic heterocycles. The molecule has 3 aromatic rings. The number of rotatable bonds is 3. The molecule has 0 spiro atoms. The molecule has 0 aliphatic carbocycles. The van der Waals surface area contributed by atoms with Gasteiger partial charge in [-0.2, -0.15) is 0 Å². The van der Waals surface area contributed by atoms with Crippen LogP contribution >= 0.6 is 23.2 Å². The fourth-order valence-electron chi connectivity index (χ4n) is 2.96. The van der Waals surface area contributed by atoms with Crippen LogP contribution in [-0.4, -0.2) is 42.3 Å². The molecular weight excluding hydrogens is 394 g/mol. The zero-order valence-electron chi connectivity index (χ0n) is 13.9. The van der Waals surface area contributed by atoms with Crippen LogP contribution in [0.15, 0.2) is 30.6 Å². The molecule has 3 heterocycles. The highest BCUT2D eigenvalue weighted by molar-refractivity contribution is 6.43. The third kappa shape index (κ3) is 3.50. The largest absolute Gasteiger partial charge is 0.332 e. The summed E-state index contributed by atoms with van der Waals surface area (Å²) in [6, 6.07) is 4.97. The van der Waals surface area contributed by atoms with Crippen molar-refractivity contribution in [2.75, 3.05) is 6.54 Å². The van der Waals surface area contributed by atoms with Crippen molar-refractivity contribution in [3.05, 3.63) is 69.2 Å². The maximum atomic E-state index is 12.9. The van der Waals surface area contributed by atoms with Crippen molar-refractivity contribution in [2.24, 2.45) is 0 Å². The van der Waals surface area contributed by atoms with Gasteiger partial charge >= 0.3 is 0 Å². The number of carbonyl (C=O) groups is 1. The quantitative estimate of drug-likeness (QED) is 0.668. The van der Waals surface area contributed by atoms with E-state index in [-0.39, 0.29) is 17.5 Å². The highest BCUT2D eigenvalue weighted by Gasteiger charge is 2.27. The van der Waals surface area contributed by atoms with Crippen molar-refractivity contribution >= 4 is 29.1 Å². The Morgan fingerprint density at radius 1 is 1.22 bits per heavy atom. The molecule has 4 rings (SSSR count).